The molecule has 0 bridgehead atoms. The molecule has 15 heavy (non-hydrogen) atoms. The van der Waals surface area contributed by atoms with E-state index in [4.69, 9.17) is 13.0 Å². The molecular formula is C11H12BFO2. The highest BCUT2D eigenvalue weighted by Crippen LogP contribution is 2.25. The molecule has 1 aromatic rings. The van der Waals surface area contributed by atoms with Crippen molar-refractivity contribution in [2.24, 2.45) is 0 Å². The van der Waals surface area contributed by atoms with Gasteiger partial charge in [0.05, 0.1) is 6.42 Å². The normalized spacial score (nSPS) is 11.4. The van der Waals surface area contributed by atoms with Gasteiger partial charge >= 0.3 is 5.97 Å². The average Bonchev–Trinajstić information content (AvgIpc) is 1.99. The molecule has 0 fully saturated rings. The predicted molar refractivity (Wildman–Crippen MR) is 57.1 cm³/mol. The third kappa shape index (κ3) is 2.81. The van der Waals surface area contributed by atoms with E-state index in [9.17, 15) is 9.18 Å². The van der Waals surface area contributed by atoms with Crippen LogP contribution in [0.2, 0.25) is 0 Å². The molecule has 1 N–H and O–H groups in total. The van der Waals surface area contributed by atoms with Gasteiger partial charge in [-0.15, -0.1) is 0 Å². The van der Waals surface area contributed by atoms with Gasteiger partial charge < -0.3 is 5.11 Å². The Balaban J connectivity index is 3.09. The number of carbonyl (C=O) groups is 1. The van der Waals surface area contributed by atoms with Crippen molar-refractivity contribution in [3.05, 3.63) is 29.6 Å². The Labute approximate surface area is 89.5 Å². The van der Waals surface area contributed by atoms with Gasteiger partial charge in [0.15, 0.2) is 0 Å². The van der Waals surface area contributed by atoms with E-state index in [2.05, 4.69) is 0 Å². The SMILES string of the molecule is [B]c1cc(F)ccc1C(C)(C)CC(=O)O. The van der Waals surface area contributed by atoms with Gasteiger partial charge in [-0.2, -0.15) is 0 Å². The van der Waals surface area contributed by atoms with Crippen molar-refractivity contribution >= 4 is 19.3 Å². The van der Waals surface area contributed by atoms with Crippen molar-refractivity contribution in [2.45, 2.75) is 25.7 Å². The molecule has 0 saturated heterocycles. The van der Waals surface area contributed by atoms with Crippen LogP contribution >= 0.6 is 0 Å². The Morgan fingerprint density at radius 2 is 2.13 bits per heavy atom. The number of rotatable bonds is 3. The number of carboxylic acids is 1. The van der Waals surface area contributed by atoms with Gasteiger partial charge in [-0.05, 0) is 23.1 Å². The van der Waals surface area contributed by atoms with Crippen LogP contribution < -0.4 is 5.46 Å². The molecule has 0 aliphatic carbocycles. The average molecular weight is 206 g/mol. The quantitative estimate of drug-likeness (QED) is 0.758. The lowest BCUT2D eigenvalue weighted by Crippen LogP contribution is -2.28. The van der Waals surface area contributed by atoms with Gasteiger partial charge in [0.1, 0.15) is 13.7 Å². The van der Waals surface area contributed by atoms with Gasteiger partial charge in [-0.1, -0.05) is 25.4 Å². The Morgan fingerprint density at radius 3 is 2.60 bits per heavy atom. The zero-order chi connectivity index (χ0) is 11.6. The molecule has 0 spiro atoms. The van der Waals surface area contributed by atoms with Crippen LogP contribution in [0.15, 0.2) is 18.2 Å². The Hall–Kier alpha value is -1.32. The first-order valence-electron chi connectivity index (χ1n) is 4.60. The van der Waals surface area contributed by atoms with Crippen molar-refractivity contribution < 1.29 is 14.3 Å². The molecule has 1 aromatic carbocycles. The zero-order valence-corrected chi connectivity index (χ0v) is 8.75. The third-order valence-corrected chi connectivity index (χ3v) is 2.34. The van der Waals surface area contributed by atoms with E-state index in [-0.39, 0.29) is 6.42 Å². The third-order valence-electron chi connectivity index (χ3n) is 2.34. The minimum atomic E-state index is -0.899. The van der Waals surface area contributed by atoms with Crippen LogP contribution in [-0.4, -0.2) is 18.9 Å². The highest BCUT2D eigenvalue weighted by Gasteiger charge is 2.25. The van der Waals surface area contributed by atoms with E-state index in [0.717, 1.165) is 0 Å². The highest BCUT2D eigenvalue weighted by molar-refractivity contribution is 6.33. The summed E-state index contributed by atoms with van der Waals surface area (Å²) >= 11 is 0. The Morgan fingerprint density at radius 1 is 1.53 bits per heavy atom. The second kappa shape index (κ2) is 4.05. The van der Waals surface area contributed by atoms with Gasteiger partial charge in [-0.25, -0.2) is 4.39 Å². The minimum Gasteiger partial charge on any atom is -0.481 e. The summed E-state index contributed by atoms with van der Waals surface area (Å²) in [5, 5.41) is 8.74. The number of halogens is 1. The maximum atomic E-state index is 12.8. The topological polar surface area (TPSA) is 37.3 Å². The van der Waals surface area contributed by atoms with E-state index in [1.807, 2.05) is 0 Å². The summed E-state index contributed by atoms with van der Waals surface area (Å²) in [6.45, 7) is 3.54. The first-order valence-corrected chi connectivity index (χ1v) is 4.60. The van der Waals surface area contributed by atoms with Crippen molar-refractivity contribution in [1.29, 1.82) is 0 Å². The van der Waals surface area contributed by atoms with Crippen LogP contribution in [0.25, 0.3) is 0 Å². The molecule has 0 atom stereocenters. The van der Waals surface area contributed by atoms with Crippen LogP contribution in [0.3, 0.4) is 0 Å². The largest absolute Gasteiger partial charge is 0.481 e. The van der Waals surface area contributed by atoms with Gasteiger partial charge in [0.25, 0.3) is 0 Å². The first kappa shape index (κ1) is 11.8. The summed E-state index contributed by atoms with van der Waals surface area (Å²) in [5.41, 5.74) is 0.358. The standard InChI is InChI=1S/C11H12BFO2/c1-11(2,6-10(14)15)8-4-3-7(13)5-9(8)12/h3-5H,6H2,1-2H3,(H,14,15). The Bertz CT molecular complexity index is 388. The van der Waals surface area contributed by atoms with Crippen molar-refractivity contribution in [3.63, 3.8) is 0 Å². The predicted octanol–water partition coefficient (Wildman–Crippen LogP) is 1.37. The monoisotopic (exact) mass is 206 g/mol. The Kier molecular flexibility index (Phi) is 3.17. The molecule has 0 unspecified atom stereocenters. The summed E-state index contributed by atoms with van der Waals surface area (Å²) in [5.74, 6) is -1.31. The molecule has 0 aliphatic rings. The number of aliphatic carboxylic acids is 1. The lowest BCUT2D eigenvalue weighted by atomic mass is 9.74. The number of hydrogen-bond donors (Lipinski definition) is 1. The summed E-state index contributed by atoms with van der Waals surface area (Å²) < 4.78 is 12.8. The molecular weight excluding hydrogens is 194 g/mol. The van der Waals surface area contributed by atoms with E-state index >= 15 is 0 Å². The van der Waals surface area contributed by atoms with E-state index in [0.29, 0.717) is 11.0 Å². The fourth-order valence-corrected chi connectivity index (χ4v) is 1.62. The summed E-state index contributed by atoms with van der Waals surface area (Å²) in [6, 6.07) is 4.03. The van der Waals surface area contributed by atoms with Crippen molar-refractivity contribution in [3.8, 4) is 0 Å². The van der Waals surface area contributed by atoms with Gasteiger partial charge in [-0.3, -0.25) is 4.79 Å². The molecule has 4 heteroatoms. The molecule has 0 saturated carbocycles. The van der Waals surface area contributed by atoms with Crippen molar-refractivity contribution in [1.82, 2.24) is 0 Å². The van der Waals surface area contributed by atoms with E-state index in [1.165, 1.54) is 18.2 Å². The minimum absolute atomic E-state index is 0.0389. The fraction of sp³-hybridized carbons (Fsp3) is 0.364. The number of carboxylic acid groups (broad SMARTS) is 1. The van der Waals surface area contributed by atoms with Crippen LogP contribution in [0, 0.1) is 5.82 Å². The van der Waals surface area contributed by atoms with E-state index in [1.54, 1.807) is 13.8 Å². The smallest absolute Gasteiger partial charge is 0.304 e. The summed E-state index contributed by atoms with van der Waals surface area (Å²) in [7, 11) is 5.65. The maximum absolute atomic E-state index is 12.8. The summed E-state index contributed by atoms with van der Waals surface area (Å²) in [4.78, 5) is 10.7. The first-order chi connectivity index (χ1) is 6.83. The van der Waals surface area contributed by atoms with E-state index < -0.39 is 17.2 Å². The van der Waals surface area contributed by atoms with Crippen LogP contribution in [0.4, 0.5) is 4.39 Å². The zero-order valence-electron chi connectivity index (χ0n) is 8.75. The molecule has 0 aromatic heterocycles. The van der Waals surface area contributed by atoms with Gasteiger partial charge in [0.2, 0.25) is 0 Å². The molecule has 0 aliphatic heterocycles. The lowest BCUT2D eigenvalue weighted by molar-refractivity contribution is -0.138. The molecule has 1 rings (SSSR count). The van der Waals surface area contributed by atoms with Gasteiger partial charge in [0, 0.05) is 0 Å². The number of hydrogen-bond acceptors (Lipinski definition) is 1. The summed E-state index contributed by atoms with van der Waals surface area (Å²) in [6.07, 6.45) is -0.0389. The second-order valence-electron chi connectivity index (χ2n) is 4.19. The molecule has 0 amide bonds. The van der Waals surface area contributed by atoms with Crippen molar-refractivity contribution in [2.75, 3.05) is 0 Å². The lowest BCUT2D eigenvalue weighted by Gasteiger charge is -2.25. The second-order valence-corrected chi connectivity index (χ2v) is 4.19. The highest BCUT2D eigenvalue weighted by atomic mass is 19.1. The molecule has 0 heterocycles. The molecule has 2 nitrogen and oxygen atoms in total. The number of benzene rings is 1. The van der Waals surface area contributed by atoms with Crippen LogP contribution in [0.1, 0.15) is 25.8 Å². The van der Waals surface area contributed by atoms with Crippen LogP contribution in [0.5, 0.6) is 0 Å². The molecule has 2 radical (unpaired) electrons. The van der Waals surface area contributed by atoms with Crippen LogP contribution in [-0.2, 0) is 10.2 Å². The fourth-order valence-electron chi connectivity index (χ4n) is 1.62. The maximum Gasteiger partial charge on any atom is 0.304 e. The molecule has 78 valence electrons.